The molecule has 0 aromatic carbocycles. The molecule has 25 valence electrons. The monoisotopic (exact) mass is 75.0 g/mol. The Morgan fingerprint density at radius 1 is 1.75 bits per heavy atom. The molecule has 0 unspecified atom stereocenters. The van der Waals surface area contributed by atoms with Gasteiger partial charge in [0.1, 0.15) is 0 Å². The molecule has 0 rings (SSSR count). The van der Waals surface area contributed by atoms with E-state index in [1.54, 1.807) is 7.11 Å². The van der Waals surface area contributed by atoms with Crippen LogP contribution >= 0.6 is 0 Å². The Hall–Kier alpha value is 0.177. The predicted octanol–water partition coefficient (Wildman–Crippen LogP) is 0.0324. The molecule has 2 heteroatoms. The van der Waals surface area contributed by atoms with Gasteiger partial charge >= 0.3 is 0 Å². The van der Waals surface area contributed by atoms with Crippen LogP contribution in [0.1, 0.15) is 0 Å². The lowest BCUT2D eigenvalue weighted by Crippen LogP contribution is -1.79. The fraction of sp³-hybridized carbons (Fsp3) is 1.00. The summed E-state index contributed by atoms with van der Waals surface area (Å²) in [5.41, 5.74) is 0. The molecule has 0 heterocycles. The highest BCUT2D eigenvalue weighted by Gasteiger charge is 1.56. The first kappa shape index (κ1) is 4.18. The van der Waals surface area contributed by atoms with E-state index in [0.717, 1.165) is 0 Å². The van der Waals surface area contributed by atoms with Gasteiger partial charge in [-0.3, -0.25) is 0 Å². The molecule has 0 aliphatic heterocycles. The molecule has 0 N–H and O–H groups in total. The Labute approximate surface area is 28.9 Å². The van der Waals surface area contributed by atoms with Gasteiger partial charge in [0.05, 0.1) is 0 Å². The average Bonchev–Trinajstić information content (AvgIpc) is 1.37. The van der Waals surface area contributed by atoms with Crippen molar-refractivity contribution >= 4 is 9.76 Å². The number of hydrogen-bond acceptors (Lipinski definition) is 1. The highest BCUT2D eigenvalue weighted by molar-refractivity contribution is 6.24. The summed E-state index contributed by atoms with van der Waals surface area (Å²) in [5, 5.41) is 0. The lowest BCUT2D eigenvalue weighted by molar-refractivity contribution is 0.446. The van der Waals surface area contributed by atoms with Crippen LogP contribution in [0, 0.1) is 0 Å². The summed E-state index contributed by atoms with van der Waals surface area (Å²) in [6, 6.07) is 0. The zero-order valence-electron chi connectivity index (χ0n) is 2.99. The molecule has 0 aliphatic carbocycles. The quantitative estimate of drug-likeness (QED) is 0.400. The Kier molecular flexibility index (Phi) is 3.32. The summed E-state index contributed by atoms with van der Waals surface area (Å²) in [5.74, 6) is 0. The maximum Gasteiger partial charge on any atom is 0.189 e. The smallest absolute Gasteiger partial charge is 0.189 e. The van der Waals surface area contributed by atoms with Crippen LogP contribution < -0.4 is 0 Å². The first-order valence-electron chi connectivity index (χ1n) is 1.22. The highest BCUT2D eigenvalue weighted by Crippen LogP contribution is 1.47. The minimum Gasteiger partial charge on any atom is -0.424 e. The van der Waals surface area contributed by atoms with Crippen LogP contribution in [0.15, 0.2) is 0 Å². The third kappa shape index (κ3) is 2.18. The van der Waals surface area contributed by atoms with Crippen LogP contribution in [-0.2, 0) is 4.43 Å². The Morgan fingerprint density at radius 2 is 2.00 bits per heavy atom. The molecule has 1 nitrogen and oxygen atoms in total. The van der Waals surface area contributed by atoms with Gasteiger partial charge in [0.2, 0.25) is 0 Å². The van der Waals surface area contributed by atoms with Gasteiger partial charge in [-0.25, -0.2) is 0 Å². The molecular weight excluding hydrogens is 68.1 g/mol. The van der Waals surface area contributed by atoms with Gasteiger partial charge in [0.25, 0.3) is 0 Å². The Balaban J connectivity index is 1.97. The molecule has 0 atom stereocenters. The van der Waals surface area contributed by atoms with Gasteiger partial charge in [0, 0.05) is 7.11 Å². The lowest BCUT2D eigenvalue weighted by Gasteiger charge is -1.74. The van der Waals surface area contributed by atoms with E-state index in [4.69, 9.17) is 0 Å². The lowest BCUT2D eigenvalue weighted by atomic mass is 11.8. The van der Waals surface area contributed by atoms with E-state index in [9.17, 15) is 0 Å². The molecule has 4 heavy (non-hydrogen) atoms. The third-order valence-electron chi connectivity index (χ3n) is 0.236. The van der Waals surface area contributed by atoms with Gasteiger partial charge in [-0.15, -0.1) is 0 Å². The first-order valence-corrected chi connectivity index (χ1v) is 2.85. The van der Waals surface area contributed by atoms with Gasteiger partial charge < -0.3 is 4.43 Å². The summed E-state index contributed by atoms with van der Waals surface area (Å²) >= 11 is 0. The molecule has 1 radical (unpaired) electrons. The highest BCUT2D eigenvalue weighted by atomic mass is 28.2. The van der Waals surface area contributed by atoms with Crippen molar-refractivity contribution in [1.29, 1.82) is 0 Å². The summed E-state index contributed by atoms with van der Waals surface area (Å²) in [6.45, 7) is 2.04. The van der Waals surface area contributed by atoms with Crippen LogP contribution in [-0.4, -0.2) is 16.9 Å². The molecule has 0 aromatic heterocycles. The summed E-state index contributed by atoms with van der Waals surface area (Å²) in [6.07, 6.45) is 0. The van der Waals surface area contributed by atoms with E-state index >= 15 is 0 Å². The van der Waals surface area contributed by atoms with Crippen LogP contribution in [0.4, 0.5) is 0 Å². The second-order valence-corrected chi connectivity index (χ2v) is 1.41. The van der Waals surface area contributed by atoms with E-state index in [-0.39, 0.29) is 9.76 Å². The van der Waals surface area contributed by atoms with Crippen molar-refractivity contribution in [1.82, 2.24) is 0 Å². The fourth-order valence-electron chi connectivity index (χ4n) is 0. The van der Waals surface area contributed by atoms with Gasteiger partial charge in [0.15, 0.2) is 9.76 Å². The van der Waals surface area contributed by atoms with E-state index in [1.165, 1.54) is 0 Å². The summed E-state index contributed by atoms with van der Waals surface area (Å²) < 4.78 is 4.62. The molecule has 0 spiro atoms. The largest absolute Gasteiger partial charge is 0.424 e. The van der Waals surface area contributed by atoms with Gasteiger partial charge in [-0.1, -0.05) is 0 Å². The summed E-state index contributed by atoms with van der Waals surface area (Å²) in [4.78, 5) is 0. The summed E-state index contributed by atoms with van der Waals surface area (Å²) in [7, 11) is 2.00. The van der Waals surface area contributed by atoms with Gasteiger partial charge in [-0.2, -0.15) is 0 Å². The Morgan fingerprint density at radius 3 is 2.00 bits per heavy atom. The van der Waals surface area contributed by atoms with Crippen LogP contribution in [0.3, 0.4) is 0 Å². The molecule has 0 amide bonds. The molecule has 0 aliphatic rings. The third-order valence-corrected chi connectivity index (χ3v) is 0.707. The van der Waals surface area contributed by atoms with Crippen molar-refractivity contribution in [3.63, 3.8) is 0 Å². The number of hydrogen-bond donors (Lipinski definition) is 0. The topological polar surface area (TPSA) is 9.23 Å². The molecule has 0 saturated carbocycles. The van der Waals surface area contributed by atoms with Crippen molar-refractivity contribution in [3.05, 3.63) is 0 Å². The fourth-order valence-corrected chi connectivity index (χ4v) is 0. The van der Waals surface area contributed by atoms with Crippen molar-refractivity contribution in [2.75, 3.05) is 7.11 Å². The maximum absolute atomic E-state index is 4.62. The minimum atomic E-state index is 0.282. The van der Waals surface area contributed by atoms with Crippen molar-refractivity contribution in [2.24, 2.45) is 0 Å². The van der Waals surface area contributed by atoms with E-state index in [2.05, 4.69) is 4.43 Å². The van der Waals surface area contributed by atoms with Crippen LogP contribution in [0.5, 0.6) is 0 Å². The molecule has 0 saturated heterocycles. The second-order valence-electron chi connectivity index (χ2n) is 0.471. The van der Waals surface area contributed by atoms with Crippen molar-refractivity contribution in [3.8, 4) is 0 Å². The van der Waals surface area contributed by atoms with Crippen molar-refractivity contribution in [2.45, 2.75) is 6.55 Å². The number of rotatable bonds is 1. The first-order chi connectivity index (χ1) is 1.91. The predicted molar refractivity (Wildman–Crippen MR) is 20.0 cm³/mol. The van der Waals surface area contributed by atoms with E-state index in [0.29, 0.717) is 0 Å². The average molecular weight is 75.2 g/mol. The molecule has 0 aromatic rings. The van der Waals surface area contributed by atoms with E-state index in [1.807, 2.05) is 6.55 Å². The molecular formula is C2H7OSi. The zero-order valence-corrected chi connectivity index (χ0v) is 4.14. The SMILES string of the molecule is CO[SiH]C. The maximum atomic E-state index is 4.62. The van der Waals surface area contributed by atoms with Gasteiger partial charge in [-0.05, 0) is 6.55 Å². The minimum absolute atomic E-state index is 0.282. The standard InChI is InChI=1S/C2H7OSi/c1-3-4-2/h4H,1-2H3. The molecule has 0 bridgehead atoms. The molecule has 0 fully saturated rings. The zero-order chi connectivity index (χ0) is 3.41. The van der Waals surface area contributed by atoms with Crippen molar-refractivity contribution < 1.29 is 4.43 Å². The second kappa shape index (κ2) is 3.18. The van der Waals surface area contributed by atoms with Crippen LogP contribution in [0.2, 0.25) is 6.55 Å². The van der Waals surface area contributed by atoms with E-state index < -0.39 is 0 Å². The normalized spacial score (nSPS) is 7.50. The Bertz CT molecular complexity index is 8.00. The van der Waals surface area contributed by atoms with Crippen LogP contribution in [0.25, 0.3) is 0 Å².